The fourth-order valence-corrected chi connectivity index (χ4v) is 8.19. The van der Waals surface area contributed by atoms with Gasteiger partial charge >= 0.3 is 0 Å². The highest BCUT2D eigenvalue weighted by Gasteiger charge is 2.61. The van der Waals surface area contributed by atoms with Crippen molar-refractivity contribution in [1.29, 1.82) is 0 Å². The van der Waals surface area contributed by atoms with E-state index in [1.807, 2.05) is 30.1 Å². The predicted octanol–water partition coefficient (Wildman–Crippen LogP) is 5.02. The lowest BCUT2D eigenvalue weighted by Gasteiger charge is -2.59. The van der Waals surface area contributed by atoms with Gasteiger partial charge in [0.2, 0.25) is 11.8 Å². The summed E-state index contributed by atoms with van der Waals surface area (Å²) in [5, 5.41) is 3.08. The Morgan fingerprint density at radius 3 is 2.71 bits per heavy atom. The van der Waals surface area contributed by atoms with Crippen molar-refractivity contribution in [3.63, 3.8) is 0 Å². The normalized spacial score (nSPS) is 39.6. The molecule has 166 valence electrons. The van der Waals surface area contributed by atoms with Crippen LogP contribution in [0.25, 0.3) is 0 Å². The lowest BCUT2D eigenvalue weighted by Crippen LogP contribution is -2.54. The second kappa shape index (κ2) is 7.18. The van der Waals surface area contributed by atoms with Crippen LogP contribution in [0, 0.1) is 34.5 Å². The van der Waals surface area contributed by atoms with Crippen molar-refractivity contribution in [2.75, 3.05) is 12.4 Å². The molecule has 1 N–H and O–H groups in total. The summed E-state index contributed by atoms with van der Waals surface area (Å²) in [6.45, 7) is 7.02. The van der Waals surface area contributed by atoms with Crippen LogP contribution in [-0.4, -0.2) is 28.7 Å². The number of rotatable bonds is 2. The standard InChI is InChI=1S/C26H35N3O2/c1-16-15-17-18-8-9-20(24(31)28-21-7-5-6-14-27-21)25(18,2)12-10-19(17)26(3)13-11-22(30)29(4)23(16)26/h5-7,14,17-20H,8-13,15H2,1-4H3,(H,27,28,31)/t17-,18-,19+,20?,25-,26+/m0/s1. The highest BCUT2D eigenvalue weighted by Crippen LogP contribution is 2.66. The van der Waals surface area contributed by atoms with Crippen molar-refractivity contribution >= 4 is 17.6 Å². The molecule has 5 nitrogen and oxygen atoms in total. The minimum atomic E-state index is 0.0462. The van der Waals surface area contributed by atoms with Crippen LogP contribution in [0.15, 0.2) is 35.7 Å². The van der Waals surface area contributed by atoms with E-state index in [2.05, 4.69) is 31.1 Å². The number of piperidine rings is 1. The molecule has 3 aliphatic carbocycles. The van der Waals surface area contributed by atoms with Crippen molar-refractivity contribution < 1.29 is 9.59 Å². The maximum absolute atomic E-state index is 13.3. The number of carbonyl (C=O) groups excluding carboxylic acids is 2. The van der Waals surface area contributed by atoms with E-state index in [0.29, 0.717) is 30.0 Å². The lowest BCUT2D eigenvalue weighted by atomic mass is 9.48. The Morgan fingerprint density at radius 2 is 1.97 bits per heavy atom. The molecule has 4 aliphatic rings. The Morgan fingerprint density at radius 1 is 1.16 bits per heavy atom. The zero-order valence-corrected chi connectivity index (χ0v) is 19.3. The third-order valence-corrected chi connectivity index (χ3v) is 9.54. The summed E-state index contributed by atoms with van der Waals surface area (Å²) in [5.41, 5.74) is 2.83. The van der Waals surface area contributed by atoms with Gasteiger partial charge in [0.1, 0.15) is 5.82 Å². The van der Waals surface area contributed by atoms with E-state index in [4.69, 9.17) is 0 Å². The number of nitrogens with zero attached hydrogens (tertiary/aromatic N) is 2. The number of carbonyl (C=O) groups is 2. The van der Waals surface area contributed by atoms with Gasteiger partial charge in [0.15, 0.2) is 0 Å². The van der Waals surface area contributed by atoms with E-state index in [-0.39, 0.29) is 28.6 Å². The summed E-state index contributed by atoms with van der Waals surface area (Å²) in [7, 11) is 1.97. The summed E-state index contributed by atoms with van der Waals surface area (Å²) in [4.78, 5) is 32.0. The number of hydrogen-bond acceptors (Lipinski definition) is 3. The molecule has 1 aliphatic heterocycles. The topological polar surface area (TPSA) is 62.3 Å². The van der Waals surface area contributed by atoms with Gasteiger partial charge < -0.3 is 10.2 Å². The Bertz CT molecular complexity index is 941. The van der Waals surface area contributed by atoms with Gasteiger partial charge in [0, 0.05) is 36.7 Å². The first-order valence-electron chi connectivity index (χ1n) is 11.9. The van der Waals surface area contributed by atoms with Gasteiger partial charge in [-0.25, -0.2) is 4.98 Å². The number of nitrogens with one attached hydrogen (secondary N) is 1. The molecule has 2 amide bonds. The number of allylic oxidation sites excluding steroid dienone is 2. The number of hydrogen-bond donors (Lipinski definition) is 1. The molecule has 0 bridgehead atoms. The van der Waals surface area contributed by atoms with Crippen molar-refractivity contribution in [3.05, 3.63) is 35.7 Å². The molecule has 1 unspecified atom stereocenters. The van der Waals surface area contributed by atoms with E-state index < -0.39 is 0 Å². The first kappa shape index (κ1) is 20.7. The summed E-state index contributed by atoms with van der Waals surface area (Å²) >= 11 is 0. The van der Waals surface area contributed by atoms with Gasteiger partial charge in [0.25, 0.3) is 0 Å². The van der Waals surface area contributed by atoms with Crippen molar-refractivity contribution in [2.45, 2.75) is 65.7 Å². The minimum absolute atomic E-state index is 0.0462. The molecule has 3 fully saturated rings. The molecule has 1 aromatic rings. The zero-order valence-electron chi connectivity index (χ0n) is 19.3. The minimum Gasteiger partial charge on any atom is -0.319 e. The largest absolute Gasteiger partial charge is 0.319 e. The summed E-state index contributed by atoms with van der Waals surface area (Å²) in [6, 6.07) is 5.64. The molecule has 5 heteroatoms. The van der Waals surface area contributed by atoms with E-state index in [1.165, 1.54) is 11.3 Å². The number of likely N-dealkylation sites (tertiary alicyclic amines) is 1. The molecule has 2 heterocycles. The molecule has 31 heavy (non-hydrogen) atoms. The molecular weight excluding hydrogens is 386 g/mol. The highest BCUT2D eigenvalue weighted by atomic mass is 16.2. The van der Waals surface area contributed by atoms with Crippen molar-refractivity contribution in [3.8, 4) is 0 Å². The number of amides is 2. The first-order chi connectivity index (χ1) is 14.8. The van der Waals surface area contributed by atoms with Crippen LogP contribution in [0.1, 0.15) is 65.7 Å². The quantitative estimate of drug-likeness (QED) is 0.730. The molecule has 0 aromatic carbocycles. The third kappa shape index (κ3) is 2.99. The third-order valence-electron chi connectivity index (χ3n) is 9.54. The predicted molar refractivity (Wildman–Crippen MR) is 121 cm³/mol. The smallest absolute Gasteiger partial charge is 0.229 e. The maximum Gasteiger partial charge on any atom is 0.229 e. The van der Waals surface area contributed by atoms with Gasteiger partial charge in [-0.05, 0) is 80.8 Å². The fraction of sp³-hybridized carbons (Fsp3) is 0.654. The van der Waals surface area contributed by atoms with Gasteiger partial charge in [-0.2, -0.15) is 0 Å². The average Bonchev–Trinajstić information content (AvgIpc) is 3.09. The van der Waals surface area contributed by atoms with Crippen LogP contribution in [0.2, 0.25) is 0 Å². The Balaban J connectivity index is 1.43. The van der Waals surface area contributed by atoms with Gasteiger partial charge in [-0.15, -0.1) is 0 Å². The zero-order chi connectivity index (χ0) is 22.0. The summed E-state index contributed by atoms with van der Waals surface area (Å²) in [5.74, 6) is 2.89. The molecule has 6 atom stereocenters. The fourth-order valence-electron chi connectivity index (χ4n) is 8.19. The summed E-state index contributed by atoms with van der Waals surface area (Å²) < 4.78 is 0. The summed E-state index contributed by atoms with van der Waals surface area (Å²) in [6.07, 6.45) is 8.77. The SMILES string of the molecule is CC1=C2N(C)C(=O)CC[C@]2(C)[C@@H]2CC[C@]3(C)C(C(=O)Nc4ccccn4)CC[C@H]3[C@@H]2C1. The van der Waals surface area contributed by atoms with Crippen LogP contribution in [0.5, 0.6) is 0 Å². The molecule has 2 saturated carbocycles. The molecule has 0 radical (unpaired) electrons. The van der Waals surface area contributed by atoms with E-state index in [0.717, 1.165) is 38.5 Å². The first-order valence-corrected chi connectivity index (χ1v) is 11.9. The monoisotopic (exact) mass is 421 g/mol. The molecular formula is C26H35N3O2. The van der Waals surface area contributed by atoms with E-state index in [1.54, 1.807) is 6.20 Å². The average molecular weight is 422 g/mol. The molecule has 0 spiro atoms. The Labute approximate surface area is 185 Å². The lowest BCUT2D eigenvalue weighted by molar-refractivity contribution is -0.137. The van der Waals surface area contributed by atoms with Crippen LogP contribution in [-0.2, 0) is 9.59 Å². The van der Waals surface area contributed by atoms with Crippen molar-refractivity contribution in [2.24, 2.45) is 34.5 Å². The highest BCUT2D eigenvalue weighted by molar-refractivity contribution is 5.92. The molecule has 5 rings (SSSR count). The number of anilines is 1. The van der Waals surface area contributed by atoms with Crippen LogP contribution in [0.3, 0.4) is 0 Å². The molecule has 1 aromatic heterocycles. The van der Waals surface area contributed by atoms with Gasteiger partial charge in [-0.1, -0.05) is 25.5 Å². The van der Waals surface area contributed by atoms with Crippen LogP contribution >= 0.6 is 0 Å². The second-order valence-corrected chi connectivity index (χ2v) is 11.0. The van der Waals surface area contributed by atoms with Gasteiger partial charge in [0.05, 0.1) is 0 Å². The molecule has 1 saturated heterocycles. The van der Waals surface area contributed by atoms with E-state index >= 15 is 0 Å². The van der Waals surface area contributed by atoms with Crippen LogP contribution < -0.4 is 5.32 Å². The second-order valence-electron chi connectivity index (χ2n) is 11.0. The maximum atomic E-state index is 13.3. The van der Waals surface area contributed by atoms with E-state index in [9.17, 15) is 9.59 Å². The number of aromatic nitrogens is 1. The number of fused-ring (bicyclic) bond motifs is 5. The Kier molecular flexibility index (Phi) is 4.80. The number of pyridine rings is 1. The van der Waals surface area contributed by atoms with Crippen molar-refractivity contribution in [1.82, 2.24) is 9.88 Å². The Hall–Kier alpha value is -2.17. The van der Waals surface area contributed by atoms with Gasteiger partial charge in [-0.3, -0.25) is 9.59 Å². The van der Waals surface area contributed by atoms with Crippen LogP contribution in [0.4, 0.5) is 5.82 Å².